The van der Waals surface area contributed by atoms with Crippen LogP contribution in [0.5, 0.6) is 0 Å². The number of nitriles is 1. The lowest BCUT2D eigenvalue weighted by Gasteiger charge is -2.17. The second-order valence-electron chi connectivity index (χ2n) is 4.98. The fourth-order valence-electron chi connectivity index (χ4n) is 2.15. The van der Waals surface area contributed by atoms with Gasteiger partial charge in [-0.15, -0.1) is 0 Å². The molecule has 0 saturated carbocycles. The maximum absolute atomic E-state index is 12.3. The summed E-state index contributed by atoms with van der Waals surface area (Å²) in [7, 11) is 0. The average molecular weight is 309 g/mol. The normalized spacial score (nSPS) is 11.3. The van der Waals surface area contributed by atoms with Crippen molar-refractivity contribution in [1.29, 1.82) is 5.26 Å². The number of aliphatic carboxylic acids is 1. The van der Waals surface area contributed by atoms with Crippen LogP contribution in [0.15, 0.2) is 42.5 Å². The van der Waals surface area contributed by atoms with Crippen molar-refractivity contribution in [2.75, 3.05) is 0 Å². The van der Waals surface area contributed by atoms with Gasteiger partial charge in [-0.3, -0.25) is 9.59 Å². The van der Waals surface area contributed by atoms with E-state index in [9.17, 15) is 9.59 Å². The molecule has 1 aromatic heterocycles. The second-order valence-corrected chi connectivity index (χ2v) is 4.98. The van der Waals surface area contributed by atoms with E-state index < -0.39 is 17.9 Å². The molecule has 1 heterocycles. The largest absolute Gasteiger partial charge is 0.481 e. The molecule has 0 aliphatic heterocycles. The Morgan fingerprint density at radius 3 is 2.52 bits per heavy atom. The van der Waals surface area contributed by atoms with Crippen molar-refractivity contribution in [3.8, 4) is 6.07 Å². The molecule has 0 aliphatic rings. The Bertz CT molecular complexity index is 766. The molecular formula is C17H15N3O3. The Morgan fingerprint density at radius 1 is 1.26 bits per heavy atom. The summed E-state index contributed by atoms with van der Waals surface area (Å²) >= 11 is 0. The van der Waals surface area contributed by atoms with Gasteiger partial charge in [-0.25, -0.2) is 4.98 Å². The summed E-state index contributed by atoms with van der Waals surface area (Å²) in [6.45, 7) is 1.64. The van der Waals surface area contributed by atoms with Gasteiger partial charge in [0, 0.05) is 0 Å². The molecule has 116 valence electrons. The minimum Gasteiger partial charge on any atom is -0.481 e. The summed E-state index contributed by atoms with van der Waals surface area (Å²) in [4.78, 5) is 27.4. The number of nitrogens with zero attached hydrogens (tertiary/aromatic N) is 2. The Labute approximate surface area is 133 Å². The number of amides is 1. The fraction of sp³-hybridized carbons (Fsp3) is 0.176. The number of carbonyl (C=O) groups is 2. The van der Waals surface area contributed by atoms with Gasteiger partial charge in [-0.1, -0.05) is 30.3 Å². The van der Waals surface area contributed by atoms with Crippen LogP contribution >= 0.6 is 0 Å². The first-order valence-corrected chi connectivity index (χ1v) is 6.96. The third-order valence-electron chi connectivity index (χ3n) is 3.32. The van der Waals surface area contributed by atoms with E-state index in [1.54, 1.807) is 31.2 Å². The number of rotatable bonds is 5. The van der Waals surface area contributed by atoms with Gasteiger partial charge in [0.2, 0.25) is 0 Å². The average Bonchev–Trinajstić information content (AvgIpc) is 2.54. The molecule has 0 unspecified atom stereocenters. The standard InChI is InChI=1S/C17H15N3O3/c1-11-13(10-18)7-8-14(19-11)17(23)20-15(9-16(21)22)12-5-3-2-4-6-12/h2-8,15H,9H2,1H3,(H,20,23)(H,21,22)/t15-/m1/s1. The highest BCUT2D eigenvalue weighted by Gasteiger charge is 2.19. The van der Waals surface area contributed by atoms with E-state index in [2.05, 4.69) is 10.3 Å². The molecule has 1 atom stereocenters. The van der Waals surface area contributed by atoms with E-state index in [0.29, 0.717) is 16.8 Å². The van der Waals surface area contributed by atoms with Gasteiger partial charge in [0.15, 0.2) is 0 Å². The maximum atomic E-state index is 12.3. The molecule has 0 saturated heterocycles. The zero-order valence-corrected chi connectivity index (χ0v) is 12.5. The van der Waals surface area contributed by atoms with Crippen molar-refractivity contribution in [1.82, 2.24) is 10.3 Å². The molecule has 0 aliphatic carbocycles. The van der Waals surface area contributed by atoms with E-state index in [1.807, 2.05) is 12.1 Å². The molecule has 0 spiro atoms. The second kappa shape index (κ2) is 7.18. The summed E-state index contributed by atoms with van der Waals surface area (Å²) in [5, 5.41) is 20.6. The van der Waals surface area contributed by atoms with Crippen LogP contribution < -0.4 is 5.32 Å². The number of carboxylic acids is 1. The zero-order valence-electron chi connectivity index (χ0n) is 12.5. The number of benzene rings is 1. The lowest BCUT2D eigenvalue weighted by Crippen LogP contribution is -2.31. The van der Waals surface area contributed by atoms with Crippen LogP contribution in [0.25, 0.3) is 0 Å². The smallest absolute Gasteiger partial charge is 0.305 e. The number of carboxylic acid groups (broad SMARTS) is 1. The van der Waals surface area contributed by atoms with Crippen LogP contribution in [0, 0.1) is 18.3 Å². The molecular weight excluding hydrogens is 294 g/mol. The van der Waals surface area contributed by atoms with Gasteiger partial charge in [0.05, 0.1) is 23.7 Å². The van der Waals surface area contributed by atoms with Crippen LogP contribution in [-0.2, 0) is 4.79 Å². The van der Waals surface area contributed by atoms with Crippen molar-refractivity contribution >= 4 is 11.9 Å². The number of aryl methyl sites for hydroxylation is 1. The van der Waals surface area contributed by atoms with E-state index in [4.69, 9.17) is 10.4 Å². The molecule has 6 nitrogen and oxygen atoms in total. The third-order valence-corrected chi connectivity index (χ3v) is 3.32. The van der Waals surface area contributed by atoms with Crippen molar-refractivity contribution in [2.45, 2.75) is 19.4 Å². The molecule has 2 aromatic rings. The first kappa shape index (κ1) is 16.2. The predicted octanol–water partition coefficient (Wildman–Crippen LogP) is 2.21. The lowest BCUT2D eigenvalue weighted by molar-refractivity contribution is -0.137. The number of hydrogen-bond donors (Lipinski definition) is 2. The van der Waals surface area contributed by atoms with Crippen molar-refractivity contribution in [3.63, 3.8) is 0 Å². The van der Waals surface area contributed by atoms with Crippen molar-refractivity contribution in [3.05, 3.63) is 65.0 Å². The Kier molecular flexibility index (Phi) is 5.05. The molecule has 1 aromatic carbocycles. The summed E-state index contributed by atoms with van der Waals surface area (Å²) in [6.07, 6.45) is -0.231. The van der Waals surface area contributed by atoms with Crippen LogP contribution in [0.1, 0.15) is 39.8 Å². The summed E-state index contributed by atoms with van der Waals surface area (Å²) in [5.41, 5.74) is 1.70. The van der Waals surface area contributed by atoms with E-state index >= 15 is 0 Å². The lowest BCUT2D eigenvalue weighted by atomic mass is 10.0. The topological polar surface area (TPSA) is 103 Å². The van der Waals surface area contributed by atoms with Crippen molar-refractivity contribution in [2.24, 2.45) is 0 Å². The minimum atomic E-state index is -1.01. The van der Waals surface area contributed by atoms with Gasteiger partial charge < -0.3 is 10.4 Å². The van der Waals surface area contributed by atoms with Gasteiger partial charge >= 0.3 is 5.97 Å². The van der Waals surface area contributed by atoms with Crippen LogP contribution in [0.3, 0.4) is 0 Å². The Balaban J connectivity index is 2.22. The Morgan fingerprint density at radius 2 is 1.96 bits per heavy atom. The minimum absolute atomic E-state index is 0.146. The van der Waals surface area contributed by atoms with Crippen LogP contribution in [0.4, 0.5) is 0 Å². The molecule has 0 fully saturated rings. The first-order valence-electron chi connectivity index (χ1n) is 6.96. The first-order chi connectivity index (χ1) is 11.0. The number of hydrogen-bond acceptors (Lipinski definition) is 4. The highest BCUT2D eigenvalue weighted by molar-refractivity contribution is 5.93. The third kappa shape index (κ3) is 4.14. The number of aromatic nitrogens is 1. The highest BCUT2D eigenvalue weighted by Crippen LogP contribution is 2.17. The SMILES string of the molecule is Cc1nc(C(=O)N[C@H](CC(=O)O)c2ccccc2)ccc1C#N. The van der Waals surface area contributed by atoms with Gasteiger partial charge in [0.25, 0.3) is 5.91 Å². The molecule has 6 heteroatoms. The van der Waals surface area contributed by atoms with E-state index in [0.717, 1.165) is 0 Å². The highest BCUT2D eigenvalue weighted by atomic mass is 16.4. The monoisotopic (exact) mass is 309 g/mol. The van der Waals surface area contributed by atoms with E-state index in [-0.39, 0.29) is 12.1 Å². The van der Waals surface area contributed by atoms with Crippen LogP contribution in [0.2, 0.25) is 0 Å². The fourth-order valence-corrected chi connectivity index (χ4v) is 2.15. The molecule has 0 bridgehead atoms. The Hall–Kier alpha value is -3.20. The molecule has 2 N–H and O–H groups in total. The van der Waals surface area contributed by atoms with Crippen LogP contribution in [-0.4, -0.2) is 22.0 Å². The number of carbonyl (C=O) groups excluding carboxylic acids is 1. The predicted molar refractivity (Wildman–Crippen MR) is 82.6 cm³/mol. The van der Waals surface area contributed by atoms with Gasteiger partial charge in [0.1, 0.15) is 11.8 Å². The molecule has 1 amide bonds. The number of pyridine rings is 1. The molecule has 0 radical (unpaired) electrons. The zero-order chi connectivity index (χ0) is 16.8. The maximum Gasteiger partial charge on any atom is 0.305 e. The summed E-state index contributed by atoms with van der Waals surface area (Å²) in [5.74, 6) is -1.49. The number of nitrogens with one attached hydrogen (secondary N) is 1. The van der Waals surface area contributed by atoms with Gasteiger partial charge in [-0.2, -0.15) is 5.26 Å². The molecule has 2 rings (SSSR count). The summed E-state index contributed by atoms with van der Waals surface area (Å²) in [6, 6.07) is 13.2. The quantitative estimate of drug-likeness (QED) is 0.881. The van der Waals surface area contributed by atoms with Gasteiger partial charge in [-0.05, 0) is 24.6 Å². The summed E-state index contributed by atoms with van der Waals surface area (Å²) < 4.78 is 0. The van der Waals surface area contributed by atoms with E-state index in [1.165, 1.54) is 12.1 Å². The van der Waals surface area contributed by atoms with Crippen molar-refractivity contribution < 1.29 is 14.7 Å². The molecule has 23 heavy (non-hydrogen) atoms.